The second kappa shape index (κ2) is 3.95. The molecule has 3 heteroatoms. The van der Waals surface area contributed by atoms with Crippen LogP contribution < -0.4 is 0 Å². The van der Waals surface area contributed by atoms with E-state index in [9.17, 15) is 0 Å². The van der Waals surface area contributed by atoms with Crippen LogP contribution in [0.3, 0.4) is 0 Å². The summed E-state index contributed by atoms with van der Waals surface area (Å²) in [4.78, 5) is 10.5. The lowest BCUT2D eigenvalue weighted by atomic mass is 9.98. The van der Waals surface area contributed by atoms with Crippen LogP contribution in [0.2, 0.25) is 0 Å². The molecule has 92 valence electrons. The third-order valence-corrected chi connectivity index (χ3v) is 4.26. The van der Waals surface area contributed by atoms with Gasteiger partial charge in [0.1, 0.15) is 0 Å². The monoisotopic (exact) mass is 239 g/mol. The Morgan fingerprint density at radius 1 is 1.39 bits per heavy atom. The highest BCUT2D eigenvalue weighted by Gasteiger charge is 2.28. The van der Waals surface area contributed by atoms with Crippen LogP contribution in [0, 0.1) is 0 Å². The number of aromatic amines is 1. The number of aromatic nitrogens is 2. The van der Waals surface area contributed by atoms with Crippen molar-refractivity contribution in [2.45, 2.75) is 25.3 Å². The number of fused-ring (bicyclic) bond motifs is 2. The highest BCUT2D eigenvalue weighted by Crippen LogP contribution is 2.32. The molecule has 0 amide bonds. The predicted molar refractivity (Wildman–Crippen MR) is 73.3 cm³/mol. The first-order valence-corrected chi connectivity index (χ1v) is 6.77. The summed E-state index contributed by atoms with van der Waals surface area (Å²) in [5.74, 6) is 0. The number of hydrogen-bond donors (Lipinski definition) is 1. The summed E-state index contributed by atoms with van der Waals surface area (Å²) in [7, 11) is 0. The van der Waals surface area contributed by atoms with Gasteiger partial charge in [0.2, 0.25) is 0 Å². The van der Waals surface area contributed by atoms with Gasteiger partial charge in [0.25, 0.3) is 0 Å². The average Bonchev–Trinajstić information content (AvgIpc) is 3.04. The van der Waals surface area contributed by atoms with Crippen molar-refractivity contribution in [1.82, 2.24) is 14.9 Å². The number of rotatable bonds is 1. The molecule has 1 unspecified atom stereocenters. The van der Waals surface area contributed by atoms with Crippen LogP contribution in [0.1, 0.15) is 25.0 Å². The van der Waals surface area contributed by atoms with Gasteiger partial charge in [0, 0.05) is 24.5 Å². The Morgan fingerprint density at radius 3 is 3.33 bits per heavy atom. The molecule has 2 aromatic heterocycles. The first-order valence-electron chi connectivity index (χ1n) is 6.77. The molecule has 1 fully saturated rings. The van der Waals surface area contributed by atoms with Crippen LogP contribution in [0.15, 0.2) is 30.5 Å². The Labute approximate surface area is 107 Å². The van der Waals surface area contributed by atoms with Crippen LogP contribution in [0.4, 0.5) is 0 Å². The fourth-order valence-corrected chi connectivity index (χ4v) is 3.28. The van der Waals surface area contributed by atoms with Gasteiger partial charge in [0.15, 0.2) is 0 Å². The molecule has 0 aliphatic carbocycles. The third-order valence-electron chi connectivity index (χ3n) is 4.26. The standard InChI is InChI=1S/C15H17N3/c1-4-13-15(16-6-1)10-14(17-13)11-5-8-18-7-2-3-12(18)9-11/h1,4-6,10,12,17H,2-3,7-9H2. The molecule has 1 N–H and O–H groups in total. The lowest BCUT2D eigenvalue weighted by Gasteiger charge is -2.28. The van der Waals surface area contributed by atoms with E-state index in [0.717, 1.165) is 23.6 Å². The number of nitrogens with one attached hydrogen (secondary N) is 1. The molecule has 18 heavy (non-hydrogen) atoms. The van der Waals surface area contributed by atoms with Crippen molar-refractivity contribution in [2.24, 2.45) is 0 Å². The summed E-state index contributed by atoms with van der Waals surface area (Å²) in [5.41, 5.74) is 4.94. The van der Waals surface area contributed by atoms with Crippen molar-refractivity contribution >= 4 is 16.6 Å². The zero-order valence-electron chi connectivity index (χ0n) is 10.4. The Bertz CT molecular complexity index is 578. The van der Waals surface area contributed by atoms with E-state index in [1.807, 2.05) is 12.3 Å². The molecular formula is C15H17N3. The van der Waals surface area contributed by atoms with E-state index in [2.05, 4.69) is 33.1 Å². The topological polar surface area (TPSA) is 31.9 Å². The molecule has 1 saturated heterocycles. The maximum atomic E-state index is 4.39. The van der Waals surface area contributed by atoms with Crippen molar-refractivity contribution in [3.63, 3.8) is 0 Å². The lowest BCUT2D eigenvalue weighted by Crippen LogP contribution is -2.32. The molecule has 3 nitrogen and oxygen atoms in total. The molecule has 0 spiro atoms. The molecule has 2 aliphatic heterocycles. The highest BCUT2D eigenvalue weighted by atomic mass is 15.2. The Balaban J connectivity index is 1.70. The van der Waals surface area contributed by atoms with Crippen molar-refractivity contribution in [2.75, 3.05) is 13.1 Å². The van der Waals surface area contributed by atoms with Crippen molar-refractivity contribution < 1.29 is 0 Å². The van der Waals surface area contributed by atoms with E-state index in [-0.39, 0.29) is 0 Å². The SMILES string of the molecule is C1=C(c2cc3ncccc3[nH]2)CC2CCCN2C1. The van der Waals surface area contributed by atoms with Gasteiger partial charge in [-0.05, 0) is 49.6 Å². The number of hydrogen-bond acceptors (Lipinski definition) is 2. The number of nitrogens with zero attached hydrogens (tertiary/aromatic N) is 2. The first-order chi connectivity index (χ1) is 8.90. The molecular weight excluding hydrogens is 222 g/mol. The Kier molecular flexibility index (Phi) is 2.27. The molecule has 0 saturated carbocycles. The minimum atomic E-state index is 0.768. The Hall–Kier alpha value is -1.61. The second-order valence-corrected chi connectivity index (χ2v) is 5.34. The second-order valence-electron chi connectivity index (χ2n) is 5.34. The zero-order valence-corrected chi connectivity index (χ0v) is 10.4. The molecule has 2 aromatic rings. The van der Waals surface area contributed by atoms with Gasteiger partial charge in [-0.3, -0.25) is 9.88 Å². The van der Waals surface area contributed by atoms with Crippen molar-refractivity contribution in [1.29, 1.82) is 0 Å². The minimum Gasteiger partial charge on any atom is -0.353 e. The van der Waals surface area contributed by atoms with Gasteiger partial charge in [-0.15, -0.1) is 0 Å². The summed E-state index contributed by atoms with van der Waals surface area (Å²) in [6.45, 7) is 2.39. The molecule has 0 radical (unpaired) electrons. The molecule has 4 heterocycles. The van der Waals surface area contributed by atoms with Gasteiger partial charge in [-0.25, -0.2) is 0 Å². The summed E-state index contributed by atoms with van der Waals surface area (Å²) in [6.07, 6.45) is 8.14. The summed E-state index contributed by atoms with van der Waals surface area (Å²) in [6, 6.07) is 7.03. The minimum absolute atomic E-state index is 0.768. The number of H-pyrrole nitrogens is 1. The van der Waals surface area contributed by atoms with Crippen LogP contribution in [0.5, 0.6) is 0 Å². The molecule has 0 aromatic carbocycles. The highest BCUT2D eigenvalue weighted by molar-refractivity contribution is 5.81. The maximum Gasteiger partial charge on any atom is 0.0885 e. The summed E-state index contributed by atoms with van der Waals surface area (Å²) in [5, 5.41) is 0. The maximum absolute atomic E-state index is 4.39. The average molecular weight is 239 g/mol. The van der Waals surface area contributed by atoms with E-state index in [4.69, 9.17) is 0 Å². The molecule has 1 atom stereocenters. The fourth-order valence-electron chi connectivity index (χ4n) is 3.28. The smallest absolute Gasteiger partial charge is 0.0885 e. The van der Waals surface area contributed by atoms with Gasteiger partial charge >= 0.3 is 0 Å². The normalized spacial score (nSPS) is 24.2. The van der Waals surface area contributed by atoms with Gasteiger partial charge in [-0.1, -0.05) is 6.08 Å². The summed E-state index contributed by atoms with van der Waals surface area (Å²) >= 11 is 0. The van der Waals surface area contributed by atoms with Gasteiger partial charge < -0.3 is 4.98 Å². The molecule has 4 rings (SSSR count). The quantitative estimate of drug-likeness (QED) is 0.829. The third kappa shape index (κ3) is 1.58. The van der Waals surface area contributed by atoms with E-state index in [1.165, 1.54) is 37.1 Å². The van der Waals surface area contributed by atoms with Crippen LogP contribution in [-0.4, -0.2) is 34.0 Å². The van der Waals surface area contributed by atoms with Crippen LogP contribution in [0.25, 0.3) is 16.6 Å². The van der Waals surface area contributed by atoms with Crippen molar-refractivity contribution in [3.05, 3.63) is 36.2 Å². The Morgan fingerprint density at radius 2 is 2.39 bits per heavy atom. The lowest BCUT2D eigenvalue weighted by molar-refractivity contribution is 0.275. The predicted octanol–water partition coefficient (Wildman–Crippen LogP) is 2.81. The van der Waals surface area contributed by atoms with Gasteiger partial charge in [0.05, 0.1) is 11.0 Å². The van der Waals surface area contributed by atoms with E-state index in [1.54, 1.807) is 0 Å². The first kappa shape index (κ1) is 10.3. The van der Waals surface area contributed by atoms with E-state index < -0.39 is 0 Å². The largest absolute Gasteiger partial charge is 0.353 e. The summed E-state index contributed by atoms with van der Waals surface area (Å²) < 4.78 is 0. The molecule has 0 bridgehead atoms. The van der Waals surface area contributed by atoms with Crippen LogP contribution in [-0.2, 0) is 0 Å². The zero-order chi connectivity index (χ0) is 11.9. The van der Waals surface area contributed by atoms with Crippen LogP contribution >= 0.6 is 0 Å². The van der Waals surface area contributed by atoms with E-state index >= 15 is 0 Å². The fraction of sp³-hybridized carbons (Fsp3) is 0.400. The van der Waals surface area contributed by atoms with E-state index in [0.29, 0.717) is 0 Å². The molecule has 2 aliphatic rings. The number of pyridine rings is 1. The van der Waals surface area contributed by atoms with Crippen molar-refractivity contribution in [3.8, 4) is 0 Å². The van der Waals surface area contributed by atoms with Gasteiger partial charge in [-0.2, -0.15) is 0 Å².